The molecule has 0 amide bonds. The normalized spacial score (nSPS) is 19.1. The summed E-state index contributed by atoms with van der Waals surface area (Å²) in [7, 11) is 0. The average molecular weight is 317 g/mol. The number of hydrogen-bond acceptors (Lipinski definition) is 5. The average Bonchev–Trinajstić information content (AvgIpc) is 3.20. The molecule has 0 radical (unpaired) electrons. The molecule has 5 nitrogen and oxygen atoms in total. The van der Waals surface area contributed by atoms with Crippen molar-refractivity contribution in [1.82, 2.24) is 18.9 Å². The lowest BCUT2D eigenvalue weighted by molar-refractivity contribution is 0.432. The second kappa shape index (κ2) is 6.36. The SMILES string of the molecule is c1c(CNc2nc(C3CCCCC3)ns2)nc2n1CCCC2. The predicted molar refractivity (Wildman–Crippen MR) is 88.2 cm³/mol. The van der Waals surface area contributed by atoms with Crippen molar-refractivity contribution in [2.24, 2.45) is 0 Å². The zero-order valence-electron chi connectivity index (χ0n) is 12.9. The van der Waals surface area contributed by atoms with Crippen LogP contribution in [0.3, 0.4) is 0 Å². The Kier molecular flexibility index (Phi) is 4.10. The third-order valence-electron chi connectivity index (χ3n) is 4.79. The van der Waals surface area contributed by atoms with E-state index in [1.54, 1.807) is 0 Å². The van der Waals surface area contributed by atoms with Gasteiger partial charge in [-0.05, 0) is 25.7 Å². The Morgan fingerprint density at radius 1 is 1.14 bits per heavy atom. The van der Waals surface area contributed by atoms with Crippen LogP contribution in [0.2, 0.25) is 0 Å². The fourth-order valence-corrected chi connectivity index (χ4v) is 4.20. The first-order valence-electron chi connectivity index (χ1n) is 8.51. The van der Waals surface area contributed by atoms with Crippen LogP contribution in [-0.2, 0) is 19.5 Å². The van der Waals surface area contributed by atoms with Gasteiger partial charge in [0.25, 0.3) is 0 Å². The van der Waals surface area contributed by atoms with Crippen molar-refractivity contribution in [3.8, 4) is 0 Å². The molecule has 22 heavy (non-hydrogen) atoms. The van der Waals surface area contributed by atoms with Crippen molar-refractivity contribution in [3.63, 3.8) is 0 Å². The molecule has 1 N–H and O–H groups in total. The van der Waals surface area contributed by atoms with E-state index in [1.165, 1.54) is 62.3 Å². The molecule has 2 aliphatic rings. The molecule has 0 atom stereocenters. The van der Waals surface area contributed by atoms with E-state index in [0.29, 0.717) is 5.92 Å². The number of nitrogens with zero attached hydrogens (tertiary/aromatic N) is 4. The fraction of sp³-hybridized carbons (Fsp3) is 0.688. The van der Waals surface area contributed by atoms with Gasteiger partial charge in [0.15, 0.2) is 0 Å². The summed E-state index contributed by atoms with van der Waals surface area (Å²) in [5, 5.41) is 4.34. The summed E-state index contributed by atoms with van der Waals surface area (Å²) in [4.78, 5) is 9.41. The van der Waals surface area contributed by atoms with E-state index >= 15 is 0 Å². The summed E-state index contributed by atoms with van der Waals surface area (Å²) in [6, 6.07) is 0. The number of rotatable bonds is 4. The summed E-state index contributed by atoms with van der Waals surface area (Å²) in [5.41, 5.74) is 1.12. The van der Waals surface area contributed by atoms with E-state index in [2.05, 4.69) is 20.5 Å². The lowest BCUT2D eigenvalue weighted by Crippen LogP contribution is -2.08. The molecule has 2 aromatic heterocycles. The minimum absolute atomic E-state index is 0.584. The lowest BCUT2D eigenvalue weighted by atomic mass is 9.89. The van der Waals surface area contributed by atoms with Gasteiger partial charge in [0.1, 0.15) is 11.6 Å². The highest BCUT2D eigenvalue weighted by Gasteiger charge is 2.20. The molecule has 1 aliphatic carbocycles. The third-order valence-corrected chi connectivity index (χ3v) is 5.48. The van der Waals surface area contributed by atoms with E-state index in [9.17, 15) is 0 Å². The zero-order chi connectivity index (χ0) is 14.8. The standard InChI is InChI=1S/C16H23N5S/c1-2-6-12(7-3-1)15-19-16(22-20-15)17-10-13-11-21-9-5-4-8-14(21)18-13/h11-12H,1-10H2,(H,17,19,20). The van der Waals surface area contributed by atoms with Crippen molar-refractivity contribution in [3.05, 3.63) is 23.5 Å². The number of nitrogens with one attached hydrogen (secondary N) is 1. The van der Waals surface area contributed by atoms with E-state index in [0.717, 1.165) is 36.2 Å². The molecule has 0 unspecified atom stereocenters. The van der Waals surface area contributed by atoms with Crippen LogP contribution in [0.1, 0.15) is 68.2 Å². The first-order valence-corrected chi connectivity index (χ1v) is 9.28. The molecule has 3 heterocycles. The monoisotopic (exact) mass is 317 g/mol. The first-order chi connectivity index (χ1) is 10.9. The highest BCUT2D eigenvalue weighted by molar-refractivity contribution is 7.09. The quantitative estimate of drug-likeness (QED) is 0.933. The summed E-state index contributed by atoms with van der Waals surface area (Å²) < 4.78 is 6.86. The summed E-state index contributed by atoms with van der Waals surface area (Å²) in [5.74, 6) is 2.88. The number of aromatic nitrogens is 4. The fourth-order valence-electron chi connectivity index (χ4n) is 3.56. The molecule has 1 aliphatic heterocycles. The minimum Gasteiger partial charge on any atom is -0.355 e. The Morgan fingerprint density at radius 3 is 2.91 bits per heavy atom. The van der Waals surface area contributed by atoms with E-state index in [-0.39, 0.29) is 0 Å². The summed E-state index contributed by atoms with van der Waals surface area (Å²) in [6.07, 6.45) is 12.4. The maximum absolute atomic E-state index is 4.72. The largest absolute Gasteiger partial charge is 0.355 e. The van der Waals surface area contributed by atoms with Crippen LogP contribution < -0.4 is 5.32 Å². The van der Waals surface area contributed by atoms with Crippen LogP contribution in [0.4, 0.5) is 5.13 Å². The smallest absolute Gasteiger partial charge is 0.202 e. The topological polar surface area (TPSA) is 55.6 Å². The highest BCUT2D eigenvalue weighted by atomic mass is 32.1. The van der Waals surface area contributed by atoms with Crippen molar-refractivity contribution in [2.45, 2.75) is 70.4 Å². The highest BCUT2D eigenvalue weighted by Crippen LogP contribution is 2.32. The summed E-state index contributed by atoms with van der Waals surface area (Å²) in [6.45, 7) is 1.87. The van der Waals surface area contributed by atoms with Crippen molar-refractivity contribution in [1.29, 1.82) is 0 Å². The Morgan fingerprint density at radius 2 is 2.05 bits per heavy atom. The van der Waals surface area contributed by atoms with E-state index < -0.39 is 0 Å². The molecule has 1 saturated carbocycles. The summed E-state index contributed by atoms with van der Waals surface area (Å²) >= 11 is 1.49. The molecule has 0 spiro atoms. The molecule has 0 bridgehead atoms. The maximum Gasteiger partial charge on any atom is 0.202 e. The van der Waals surface area contributed by atoms with E-state index in [1.807, 2.05) is 0 Å². The molecular formula is C16H23N5S. The number of aryl methyl sites for hydroxylation is 2. The first kappa shape index (κ1) is 14.2. The second-order valence-electron chi connectivity index (χ2n) is 6.45. The van der Waals surface area contributed by atoms with Crippen molar-refractivity contribution in [2.75, 3.05) is 5.32 Å². The molecule has 0 aromatic carbocycles. The minimum atomic E-state index is 0.584. The number of fused-ring (bicyclic) bond motifs is 1. The lowest BCUT2D eigenvalue weighted by Gasteiger charge is -2.18. The van der Waals surface area contributed by atoms with Crippen LogP contribution in [0.5, 0.6) is 0 Å². The van der Waals surface area contributed by atoms with Gasteiger partial charge in [0.2, 0.25) is 5.13 Å². The molecule has 2 aromatic rings. The van der Waals surface area contributed by atoms with Crippen molar-refractivity contribution < 1.29 is 0 Å². The van der Waals surface area contributed by atoms with Crippen LogP contribution in [0.25, 0.3) is 0 Å². The van der Waals surface area contributed by atoms with Gasteiger partial charge >= 0.3 is 0 Å². The molecule has 1 fully saturated rings. The Hall–Kier alpha value is -1.43. The maximum atomic E-state index is 4.72. The third kappa shape index (κ3) is 3.02. The van der Waals surface area contributed by atoms with Gasteiger partial charge in [0, 0.05) is 36.6 Å². The molecule has 0 saturated heterocycles. The van der Waals surface area contributed by atoms with Gasteiger partial charge in [-0.1, -0.05) is 19.3 Å². The molecule has 4 rings (SSSR count). The number of anilines is 1. The van der Waals surface area contributed by atoms with Crippen LogP contribution >= 0.6 is 11.5 Å². The molecule has 118 valence electrons. The predicted octanol–water partition coefficient (Wildman–Crippen LogP) is 3.73. The Labute approximate surface area is 135 Å². The van der Waals surface area contributed by atoms with Crippen LogP contribution in [-0.4, -0.2) is 18.9 Å². The zero-order valence-corrected chi connectivity index (χ0v) is 13.7. The second-order valence-corrected chi connectivity index (χ2v) is 7.20. The number of hydrogen-bond donors (Lipinski definition) is 1. The van der Waals surface area contributed by atoms with Crippen LogP contribution in [0.15, 0.2) is 6.20 Å². The van der Waals surface area contributed by atoms with Gasteiger partial charge in [-0.15, -0.1) is 0 Å². The van der Waals surface area contributed by atoms with Crippen molar-refractivity contribution >= 4 is 16.7 Å². The molecule has 6 heteroatoms. The van der Waals surface area contributed by atoms with Gasteiger partial charge in [-0.25, -0.2) is 9.97 Å². The van der Waals surface area contributed by atoms with Gasteiger partial charge in [-0.3, -0.25) is 0 Å². The van der Waals surface area contributed by atoms with Gasteiger partial charge in [-0.2, -0.15) is 4.37 Å². The number of imidazole rings is 1. The van der Waals surface area contributed by atoms with Crippen LogP contribution in [0, 0.1) is 0 Å². The van der Waals surface area contributed by atoms with Gasteiger partial charge in [0.05, 0.1) is 12.2 Å². The molecular weight excluding hydrogens is 294 g/mol. The van der Waals surface area contributed by atoms with E-state index in [4.69, 9.17) is 9.97 Å². The van der Waals surface area contributed by atoms with Gasteiger partial charge < -0.3 is 9.88 Å². The Bertz CT molecular complexity index is 603. The Balaban J connectivity index is 1.37.